The summed E-state index contributed by atoms with van der Waals surface area (Å²) in [4.78, 5) is 16.0. The number of fused-ring (bicyclic) bond motifs is 9. The van der Waals surface area contributed by atoms with Crippen LogP contribution < -0.4 is 0 Å². The Morgan fingerprint density at radius 2 is 1.42 bits per heavy atom. The zero-order chi connectivity index (χ0) is 34.2. The molecule has 0 N–H and O–H groups in total. The number of hydrogen-bond acceptors (Lipinski definition) is 4. The molecule has 1 spiro atoms. The number of benzene rings is 5. The molecule has 1 aliphatic carbocycles. The summed E-state index contributed by atoms with van der Waals surface area (Å²) >= 11 is 0. The maximum atomic E-state index is 6.29. The van der Waals surface area contributed by atoms with Crippen LogP contribution in [0.4, 0.5) is 0 Å². The maximum absolute atomic E-state index is 6.29. The highest BCUT2D eigenvalue weighted by Gasteiger charge is 2.43. The molecular weight excluding hydrogens is 637 g/mol. The fraction of sp³-hybridized carbons (Fsp3) is 0.0851. The fourth-order valence-corrected chi connectivity index (χ4v) is 8.69. The lowest BCUT2D eigenvalue weighted by Crippen LogP contribution is -2.34. The number of amidine groups is 1. The Balaban J connectivity index is 1.18. The van der Waals surface area contributed by atoms with E-state index in [1.165, 1.54) is 16.6 Å². The lowest BCUT2D eigenvalue weighted by atomic mass is 9.71. The number of hydrogen-bond donors (Lipinski definition) is 0. The second-order valence-electron chi connectivity index (χ2n) is 14.1. The van der Waals surface area contributed by atoms with Crippen molar-refractivity contribution in [3.05, 3.63) is 180 Å². The highest BCUT2D eigenvalue weighted by atomic mass is 16.3. The van der Waals surface area contributed by atoms with Crippen molar-refractivity contribution < 1.29 is 4.42 Å². The van der Waals surface area contributed by atoms with E-state index in [0.29, 0.717) is 5.84 Å². The highest BCUT2D eigenvalue weighted by molar-refractivity contribution is 6.18. The van der Waals surface area contributed by atoms with Crippen molar-refractivity contribution in [3.8, 4) is 16.9 Å². The number of allylic oxidation sites excluding steroid dienone is 2. The average molecular weight is 669 g/mol. The standard InChI is InChI=1S/C47H32N4O/c1-3-12-30(13-4-1)38-24-26-47-25-10-18-34-35-23-22-32(33-17-9-21-42-43(33)36-16-7-8-20-41(36)52-42)28-39(35)51(40(34)29-47)46-37(19-11-27-48-46)44(47)50-45(49-38)31-14-5-2-6-15-31/h1-24,27-28H,25-26,29H2/t47-/m0/s1. The number of nitrogens with zero attached hydrogens (tertiary/aromatic N) is 4. The highest BCUT2D eigenvalue weighted by Crippen LogP contribution is 2.48. The van der Waals surface area contributed by atoms with Crippen LogP contribution >= 0.6 is 0 Å². The van der Waals surface area contributed by atoms with E-state index < -0.39 is 0 Å². The van der Waals surface area contributed by atoms with Crippen LogP contribution in [0.2, 0.25) is 0 Å². The van der Waals surface area contributed by atoms with Gasteiger partial charge in [0.15, 0.2) is 5.84 Å². The minimum atomic E-state index is -0.317. The third kappa shape index (κ3) is 4.32. The van der Waals surface area contributed by atoms with E-state index in [9.17, 15) is 0 Å². The molecule has 2 bridgehead atoms. The molecule has 0 fully saturated rings. The monoisotopic (exact) mass is 668 g/mol. The van der Waals surface area contributed by atoms with E-state index in [4.69, 9.17) is 19.4 Å². The molecule has 246 valence electrons. The van der Waals surface area contributed by atoms with Crippen molar-refractivity contribution in [1.82, 2.24) is 9.55 Å². The minimum absolute atomic E-state index is 0.317. The van der Waals surface area contributed by atoms with Gasteiger partial charge in [-0.1, -0.05) is 121 Å². The summed E-state index contributed by atoms with van der Waals surface area (Å²) in [6, 6.07) is 46.7. The molecule has 3 aliphatic rings. The van der Waals surface area contributed by atoms with Crippen LogP contribution in [-0.2, 0) is 6.42 Å². The van der Waals surface area contributed by atoms with Gasteiger partial charge in [-0.2, -0.15) is 0 Å². The average Bonchev–Trinajstić information content (AvgIpc) is 3.60. The van der Waals surface area contributed by atoms with E-state index in [-0.39, 0.29) is 5.41 Å². The number of pyridine rings is 1. The lowest BCUT2D eigenvalue weighted by molar-refractivity contribution is 0.426. The molecular formula is C47H32N4O. The van der Waals surface area contributed by atoms with Crippen molar-refractivity contribution >= 4 is 56.2 Å². The molecule has 0 saturated heterocycles. The quantitative estimate of drug-likeness (QED) is 0.188. The lowest BCUT2D eigenvalue weighted by Gasteiger charge is -2.33. The predicted molar refractivity (Wildman–Crippen MR) is 212 cm³/mol. The smallest absolute Gasteiger partial charge is 0.160 e. The summed E-state index contributed by atoms with van der Waals surface area (Å²) < 4.78 is 8.71. The normalized spacial score (nSPS) is 17.7. The summed E-state index contributed by atoms with van der Waals surface area (Å²) in [7, 11) is 0. The molecule has 2 aliphatic heterocycles. The van der Waals surface area contributed by atoms with Crippen LogP contribution in [0.15, 0.2) is 166 Å². The van der Waals surface area contributed by atoms with Gasteiger partial charge in [0.05, 0.1) is 16.9 Å². The Kier molecular flexibility index (Phi) is 6.29. The van der Waals surface area contributed by atoms with Crippen molar-refractivity contribution in [2.24, 2.45) is 15.4 Å². The Morgan fingerprint density at radius 1 is 0.635 bits per heavy atom. The van der Waals surface area contributed by atoms with E-state index in [2.05, 4.69) is 132 Å². The summed E-state index contributed by atoms with van der Waals surface area (Å²) in [6.45, 7) is 0. The van der Waals surface area contributed by atoms with Gasteiger partial charge in [-0.05, 0) is 59.9 Å². The molecule has 5 nitrogen and oxygen atoms in total. The number of aliphatic imine (C=N–C) groups is 2. The number of furan rings is 1. The van der Waals surface area contributed by atoms with Crippen LogP contribution in [0.25, 0.3) is 61.6 Å². The third-order valence-corrected chi connectivity index (χ3v) is 11.1. The first-order valence-corrected chi connectivity index (χ1v) is 17.9. The first kappa shape index (κ1) is 29.2. The molecule has 5 heteroatoms. The molecule has 8 aromatic rings. The zero-order valence-electron chi connectivity index (χ0n) is 28.3. The molecule has 0 amide bonds. The van der Waals surface area contributed by atoms with Crippen molar-refractivity contribution in [3.63, 3.8) is 0 Å². The van der Waals surface area contributed by atoms with E-state index >= 15 is 0 Å². The topological polar surface area (TPSA) is 55.7 Å². The summed E-state index contributed by atoms with van der Waals surface area (Å²) in [5, 5.41) is 3.49. The largest absolute Gasteiger partial charge is 0.456 e. The van der Waals surface area contributed by atoms with E-state index in [0.717, 1.165) is 91.8 Å². The Hall–Kier alpha value is -6.59. The van der Waals surface area contributed by atoms with E-state index in [1.54, 1.807) is 0 Å². The number of para-hydroxylation sites is 1. The van der Waals surface area contributed by atoms with Gasteiger partial charge in [0, 0.05) is 56.6 Å². The van der Waals surface area contributed by atoms with Gasteiger partial charge < -0.3 is 4.42 Å². The van der Waals surface area contributed by atoms with Crippen molar-refractivity contribution in [2.45, 2.75) is 19.3 Å². The Labute approximate surface area is 300 Å². The van der Waals surface area contributed by atoms with Crippen LogP contribution in [0.3, 0.4) is 0 Å². The molecule has 0 radical (unpaired) electrons. The maximum Gasteiger partial charge on any atom is 0.160 e. The van der Waals surface area contributed by atoms with Crippen molar-refractivity contribution in [2.75, 3.05) is 0 Å². The molecule has 11 rings (SSSR count). The number of rotatable bonds is 3. The van der Waals surface area contributed by atoms with Gasteiger partial charge >= 0.3 is 0 Å². The van der Waals surface area contributed by atoms with E-state index in [1.807, 2.05) is 30.5 Å². The first-order chi connectivity index (χ1) is 25.7. The summed E-state index contributed by atoms with van der Waals surface area (Å²) in [5.41, 5.74) is 12.6. The Morgan fingerprint density at radius 3 is 2.31 bits per heavy atom. The van der Waals surface area contributed by atoms with Gasteiger partial charge in [0.1, 0.15) is 17.0 Å². The first-order valence-electron chi connectivity index (χ1n) is 17.9. The van der Waals surface area contributed by atoms with Gasteiger partial charge in [0.25, 0.3) is 0 Å². The van der Waals surface area contributed by atoms with Gasteiger partial charge in [-0.3, -0.25) is 4.57 Å². The molecule has 0 saturated carbocycles. The second kappa shape index (κ2) is 11.2. The summed E-state index contributed by atoms with van der Waals surface area (Å²) in [5.74, 6) is 1.63. The fourth-order valence-electron chi connectivity index (χ4n) is 8.69. The van der Waals surface area contributed by atoms with Crippen LogP contribution in [-0.4, -0.2) is 21.1 Å². The van der Waals surface area contributed by atoms with Gasteiger partial charge in [0.2, 0.25) is 0 Å². The summed E-state index contributed by atoms with van der Waals surface area (Å²) in [6.07, 6.45) is 11.4. The Bertz CT molecular complexity index is 2870. The second-order valence-corrected chi connectivity index (χ2v) is 14.1. The molecule has 5 heterocycles. The molecule has 0 unspecified atom stereocenters. The molecule has 1 atom stereocenters. The van der Waals surface area contributed by atoms with Gasteiger partial charge in [-0.25, -0.2) is 15.0 Å². The van der Waals surface area contributed by atoms with Crippen LogP contribution in [0.1, 0.15) is 40.8 Å². The van der Waals surface area contributed by atoms with Crippen molar-refractivity contribution in [1.29, 1.82) is 0 Å². The third-order valence-electron chi connectivity index (χ3n) is 11.1. The number of aromatic nitrogens is 2. The van der Waals surface area contributed by atoms with Gasteiger partial charge in [-0.15, -0.1) is 0 Å². The predicted octanol–water partition coefficient (Wildman–Crippen LogP) is 11.2. The zero-order valence-corrected chi connectivity index (χ0v) is 28.3. The molecule has 3 aromatic heterocycles. The van der Waals surface area contributed by atoms with Crippen LogP contribution in [0, 0.1) is 5.41 Å². The van der Waals surface area contributed by atoms with Crippen LogP contribution in [0.5, 0.6) is 0 Å². The molecule has 5 aromatic carbocycles. The minimum Gasteiger partial charge on any atom is -0.456 e. The molecule has 52 heavy (non-hydrogen) atoms. The SMILES string of the molecule is C1=Cc2c3n(c4cc(-c5cccc6oc7ccccc7c56)ccc24)-c2ncccc2C2=NC(c4ccccc4)=NC(c4ccccc4)=CC[C@@]2(C1)C3.